The van der Waals surface area contributed by atoms with E-state index < -0.39 is 0 Å². The van der Waals surface area contributed by atoms with E-state index in [0.29, 0.717) is 0 Å². The second kappa shape index (κ2) is 31.8. The van der Waals surface area contributed by atoms with Crippen LogP contribution in [0.25, 0.3) is 0 Å². The molecule has 0 rings (SSSR count). The summed E-state index contributed by atoms with van der Waals surface area (Å²) in [6.07, 6.45) is 11.5. The molecule has 0 aromatic rings. The maximum Gasteiger partial charge on any atom is 1.00 e. The van der Waals surface area contributed by atoms with Crippen molar-refractivity contribution in [2.75, 3.05) is 0 Å². The predicted octanol–water partition coefficient (Wildman–Crippen LogP) is -8.58. The number of hydrogen-bond donors (Lipinski definition) is 0. The Labute approximate surface area is 262 Å². The van der Waals surface area contributed by atoms with E-state index in [1.54, 1.807) is 0 Å². The fourth-order valence-electron chi connectivity index (χ4n) is 0.813. The van der Waals surface area contributed by atoms with Gasteiger partial charge in [-0.05, 0) is 0 Å². The van der Waals surface area contributed by atoms with E-state index in [0.717, 1.165) is 25.7 Å². The summed E-state index contributed by atoms with van der Waals surface area (Å²) >= 11 is 0. The van der Waals surface area contributed by atoms with Crippen LogP contribution in [0.15, 0.2) is 0 Å². The Hall–Kier alpha value is 6.55. The Balaban J connectivity index is -0.0000000675. The van der Waals surface area contributed by atoms with Crippen LogP contribution in [-0.4, -0.2) is 0 Å². The first-order chi connectivity index (χ1) is 4.91. The van der Waals surface area contributed by atoms with Gasteiger partial charge in [-0.3, -0.25) is 0 Å². The first-order valence-electron chi connectivity index (χ1n) is 4.13. The van der Waals surface area contributed by atoms with Gasteiger partial charge in [-0.15, -0.1) is 0 Å². The summed E-state index contributed by atoms with van der Waals surface area (Å²) in [4.78, 5) is 0. The van der Waals surface area contributed by atoms with Crippen molar-refractivity contribution in [3.05, 3.63) is 26.7 Å². The topological polar surface area (TPSA) is 0 Å². The van der Waals surface area contributed by atoms with E-state index in [1.165, 1.54) is 12.8 Å². The summed E-state index contributed by atoms with van der Waals surface area (Å²) in [7, 11) is 0. The van der Waals surface area contributed by atoms with Crippen LogP contribution >= 0.6 is 0 Å². The van der Waals surface area contributed by atoms with E-state index in [4.69, 9.17) is 0 Å². The molecule has 0 saturated carbocycles. The summed E-state index contributed by atoms with van der Waals surface area (Å²) in [6, 6.07) is 0. The van der Waals surface area contributed by atoms with Gasteiger partial charge in [0.25, 0.3) is 0 Å². The van der Waals surface area contributed by atoms with E-state index in [1.807, 2.05) is 0 Å². The molecule has 0 aliphatic heterocycles. The van der Waals surface area contributed by atoms with E-state index >= 15 is 0 Å². The van der Waals surface area contributed by atoms with Crippen LogP contribution in [0.1, 0.15) is 38.5 Å². The molecule has 0 aromatic carbocycles. The summed E-state index contributed by atoms with van der Waals surface area (Å²) in [5, 5.41) is 0. The Morgan fingerprint density at radius 1 is 0.571 bits per heavy atom. The first kappa shape index (κ1) is 32.5. The van der Waals surface area contributed by atoms with Crippen LogP contribution in [0, 0.1) is 26.7 Å². The minimum atomic E-state index is 0. The van der Waals surface area contributed by atoms with Gasteiger partial charge in [0.05, 0.1) is 0 Å². The zero-order valence-electron chi connectivity index (χ0n) is 10.8. The third-order valence-corrected chi connectivity index (χ3v) is 1.39. The smallest absolute Gasteiger partial charge is 0.346 e. The standard InChI is InChI=1S/C10H18.4K/c1-3-5-7-9-10-8-6-4-2;;;;/h7-8H,1-6,9-10H2;;;;/q-4;4*+1. The Bertz CT molecular complexity index is 52.1. The van der Waals surface area contributed by atoms with Crippen molar-refractivity contribution in [1.82, 2.24) is 0 Å². The van der Waals surface area contributed by atoms with Crippen molar-refractivity contribution >= 4 is 0 Å². The van der Waals surface area contributed by atoms with Crippen LogP contribution in [0.3, 0.4) is 0 Å². The average Bonchev–Trinajstić information content (AvgIpc) is 1.97. The molecule has 0 heterocycles. The van der Waals surface area contributed by atoms with Crippen LogP contribution in [-0.2, 0) is 0 Å². The van der Waals surface area contributed by atoms with E-state index in [2.05, 4.69) is 26.7 Å². The van der Waals surface area contributed by atoms with Crippen molar-refractivity contribution < 1.29 is 206 Å². The second-order valence-corrected chi connectivity index (χ2v) is 2.44. The average molecular weight is 295 g/mol. The van der Waals surface area contributed by atoms with Gasteiger partial charge in [-0.1, -0.05) is 0 Å². The number of rotatable bonds is 7. The van der Waals surface area contributed by atoms with Gasteiger partial charge < -0.3 is 26.7 Å². The Kier molecular flexibility index (Phi) is 73.7. The molecule has 0 nitrogen and oxygen atoms in total. The van der Waals surface area contributed by atoms with Crippen LogP contribution in [0.2, 0.25) is 0 Å². The van der Waals surface area contributed by atoms with Crippen molar-refractivity contribution in [3.63, 3.8) is 0 Å². The quantitative estimate of drug-likeness (QED) is 0.249. The van der Waals surface area contributed by atoms with E-state index in [9.17, 15) is 0 Å². The summed E-state index contributed by atoms with van der Waals surface area (Å²) < 4.78 is 0. The minimum Gasteiger partial charge on any atom is -0.346 e. The van der Waals surface area contributed by atoms with Crippen LogP contribution in [0.5, 0.6) is 0 Å². The Morgan fingerprint density at radius 3 is 1.07 bits per heavy atom. The molecule has 0 saturated heterocycles. The molecular weight excluding hydrogens is 277 g/mol. The van der Waals surface area contributed by atoms with Gasteiger partial charge in [-0.25, -0.2) is 38.5 Å². The molecule has 0 aliphatic carbocycles. The summed E-state index contributed by atoms with van der Waals surface area (Å²) in [6.45, 7) is 7.54. The van der Waals surface area contributed by atoms with Crippen LogP contribution in [0.4, 0.5) is 0 Å². The van der Waals surface area contributed by atoms with E-state index in [-0.39, 0.29) is 206 Å². The molecular formula is C10H18K4. The molecule has 0 aliphatic rings. The molecule has 0 spiro atoms. The third kappa shape index (κ3) is 31.1. The molecule has 0 atom stereocenters. The third-order valence-electron chi connectivity index (χ3n) is 1.39. The van der Waals surface area contributed by atoms with Gasteiger partial charge in [0, 0.05) is 0 Å². The summed E-state index contributed by atoms with van der Waals surface area (Å²) in [5.74, 6) is 0. The van der Waals surface area contributed by atoms with Crippen molar-refractivity contribution in [3.8, 4) is 0 Å². The molecule has 4 heteroatoms. The zero-order valence-corrected chi connectivity index (χ0v) is 23.3. The molecule has 0 amide bonds. The molecule has 0 N–H and O–H groups in total. The summed E-state index contributed by atoms with van der Waals surface area (Å²) in [5.41, 5.74) is 0. The van der Waals surface area contributed by atoms with Crippen molar-refractivity contribution in [2.45, 2.75) is 38.5 Å². The molecule has 0 unspecified atom stereocenters. The molecule has 0 aromatic heterocycles. The predicted molar refractivity (Wildman–Crippen MR) is 47.0 cm³/mol. The minimum absolute atomic E-state index is 0. The van der Waals surface area contributed by atoms with Crippen LogP contribution < -0.4 is 206 Å². The Morgan fingerprint density at radius 2 is 0.857 bits per heavy atom. The van der Waals surface area contributed by atoms with Crippen molar-refractivity contribution in [2.24, 2.45) is 0 Å². The molecule has 0 bridgehead atoms. The van der Waals surface area contributed by atoms with Crippen molar-refractivity contribution in [1.29, 1.82) is 0 Å². The largest absolute Gasteiger partial charge is 1.00 e. The maximum atomic E-state index is 3.77. The second-order valence-electron chi connectivity index (χ2n) is 2.44. The monoisotopic (exact) mass is 294 g/mol. The normalized spacial score (nSPS) is 7.29. The number of unbranched alkanes of at least 4 members (excludes halogenated alkanes) is 7. The number of hydrogen-bond acceptors (Lipinski definition) is 0. The SMILES string of the molecule is [CH2-]CC[CH-]CC[CH-]CC[CH2-].[K+].[K+].[K+].[K+]. The van der Waals surface area contributed by atoms with Gasteiger partial charge in [0.15, 0.2) is 0 Å². The van der Waals surface area contributed by atoms with Gasteiger partial charge in [0.1, 0.15) is 0 Å². The zero-order chi connectivity index (χ0) is 7.66. The van der Waals surface area contributed by atoms with Gasteiger partial charge >= 0.3 is 206 Å². The molecule has 62 valence electrons. The molecule has 0 radical (unpaired) electrons. The molecule has 0 fully saturated rings. The van der Waals surface area contributed by atoms with Gasteiger partial charge in [0.2, 0.25) is 0 Å². The maximum absolute atomic E-state index is 3.77. The van der Waals surface area contributed by atoms with Gasteiger partial charge in [-0.2, -0.15) is 0 Å². The fraction of sp³-hybridized carbons (Fsp3) is 0.600. The fourth-order valence-corrected chi connectivity index (χ4v) is 0.813. The first-order valence-corrected chi connectivity index (χ1v) is 4.13. The molecule has 14 heavy (non-hydrogen) atoms.